The lowest BCUT2D eigenvalue weighted by molar-refractivity contribution is 0.793. The molecule has 0 saturated carbocycles. The third kappa shape index (κ3) is 2.77. The summed E-state index contributed by atoms with van der Waals surface area (Å²) in [4.78, 5) is 4.80. The van der Waals surface area contributed by atoms with E-state index in [-0.39, 0.29) is 6.04 Å². The van der Waals surface area contributed by atoms with Crippen molar-refractivity contribution in [1.82, 2.24) is 5.43 Å². The molecule has 0 radical (unpaired) electrons. The van der Waals surface area contributed by atoms with Crippen molar-refractivity contribution in [2.45, 2.75) is 19.4 Å². The van der Waals surface area contributed by atoms with Gasteiger partial charge in [-0.15, -0.1) is 0 Å². The maximum atomic E-state index is 4.80. The van der Waals surface area contributed by atoms with Crippen LogP contribution < -0.4 is 5.43 Å². The zero-order valence-electron chi connectivity index (χ0n) is 11.5. The molecule has 3 nitrogen and oxygen atoms in total. The Morgan fingerprint density at radius 2 is 1.60 bits per heavy atom. The number of amidine groups is 1. The van der Waals surface area contributed by atoms with Crippen LogP contribution in [0.5, 0.6) is 0 Å². The first-order valence-corrected chi connectivity index (χ1v) is 6.80. The molecule has 2 aromatic carbocycles. The molecule has 0 aliphatic carbocycles. The maximum absolute atomic E-state index is 4.80. The summed E-state index contributed by atoms with van der Waals surface area (Å²) in [6.45, 7) is 2.02. The molecule has 1 aliphatic heterocycles. The summed E-state index contributed by atoms with van der Waals surface area (Å²) < 4.78 is 0. The van der Waals surface area contributed by atoms with E-state index in [1.165, 1.54) is 5.56 Å². The zero-order chi connectivity index (χ0) is 13.8. The number of hydrazone groups is 1. The fraction of sp³-hybridized carbons (Fsp3) is 0.176. The van der Waals surface area contributed by atoms with Crippen LogP contribution in [-0.4, -0.2) is 17.6 Å². The quantitative estimate of drug-likeness (QED) is 0.908. The first-order valence-electron chi connectivity index (χ1n) is 6.80. The van der Waals surface area contributed by atoms with Gasteiger partial charge in [-0.25, -0.2) is 0 Å². The highest BCUT2D eigenvalue weighted by molar-refractivity contribution is 6.03. The Hall–Kier alpha value is -2.42. The Bertz CT molecular complexity index is 630. The summed E-state index contributed by atoms with van der Waals surface area (Å²) in [6.07, 6.45) is 0.883. The van der Waals surface area contributed by atoms with Gasteiger partial charge in [0.15, 0.2) is 0 Å². The Labute approximate surface area is 119 Å². The van der Waals surface area contributed by atoms with Gasteiger partial charge in [0.05, 0.1) is 11.8 Å². The fourth-order valence-electron chi connectivity index (χ4n) is 2.26. The lowest BCUT2D eigenvalue weighted by Crippen LogP contribution is -2.33. The second-order valence-corrected chi connectivity index (χ2v) is 4.91. The summed E-state index contributed by atoms with van der Waals surface area (Å²) in [5, 5.41) is 4.40. The van der Waals surface area contributed by atoms with Crippen molar-refractivity contribution >= 4 is 11.5 Å². The lowest BCUT2D eigenvalue weighted by Gasteiger charge is -2.20. The summed E-state index contributed by atoms with van der Waals surface area (Å²) in [6, 6.07) is 20.6. The molecule has 20 heavy (non-hydrogen) atoms. The van der Waals surface area contributed by atoms with Gasteiger partial charge in [0, 0.05) is 12.0 Å². The molecule has 0 amide bonds. The van der Waals surface area contributed by atoms with Gasteiger partial charge in [-0.05, 0) is 12.5 Å². The molecule has 1 heterocycles. The number of hydrogen-bond donors (Lipinski definition) is 1. The lowest BCUT2D eigenvalue weighted by atomic mass is 10.0. The molecule has 3 heteroatoms. The van der Waals surface area contributed by atoms with Gasteiger partial charge in [-0.1, -0.05) is 60.7 Å². The van der Waals surface area contributed by atoms with Gasteiger partial charge in [0.1, 0.15) is 5.84 Å². The topological polar surface area (TPSA) is 36.8 Å². The van der Waals surface area contributed by atoms with E-state index >= 15 is 0 Å². The molecule has 0 aromatic heterocycles. The van der Waals surface area contributed by atoms with E-state index in [1.54, 1.807) is 0 Å². The molecule has 0 fully saturated rings. The molecule has 100 valence electrons. The second kappa shape index (κ2) is 5.70. The SMILES string of the molecule is CC1=NNC(c2ccccc2)=NC1Cc1ccccc1. The van der Waals surface area contributed by atoms with Crippen LogP contribution in [-0.2, 0) is 6.42 Å². The van der Waals surface area contributed by atoms with Gasteiger partial charge in [-0.3, -0.25) is 10.4 Å². The van der Waals surface area contributed by atoms with Crippen molar-refractivity contribution in [3.63, 3.8) is 0 Å². The minimum atomic E-state index is 0.105. The van der Waals surface area contributed by atoms with Crippen LogP contribution in [0.2, 0.25) is 0 Å². The van der Waals surface area contributed by atoms with E-state index in [9.17, 15) is 0 Å². The van der Waals surface area contributed by atoms with E-state index in [1.807, 2.05) is 43.3 Å². The van der Waals surface area contributed by atoms with Crippen LogP contribution in [0.25, 0.3) is 0 Å². The molecule has 3 rings (SSSR count). The molecule has 0 saturated heterocycles. The van der Waals surface area contributed by atoms with Crippen LogP contribution >= 0.6 is 0 Å². The predicted octanol–water partition coefficient (Wildman–Crippen LogP) is 3.02. The first-order chi connectivity index (χ1) is 9.83. The smallest absolute Gasteiger partial charge is 0.149 e. The number of aliphatic imine (C=N–C) groups is 1. The van der Waals surface area contributed by atoms with Gasteiger partial charge in [0.25, 0.3) is 0 Å². The number of nitrogens with zero attached hydrogens (tertiary/aromatic N) is 2. The predicted molar refractivity (Wildman–Crippen MR) is 83.2 cm³/mol. The zero-order valence-corrected chi connectivity index (χ0v) is 11.5. The minimum Gasteiger partial charge on any atom is -0.261 e. The fourth-order valence-corrected chi connectivity index (χ4v) is 2.26. The van der Waals surface area contributed by atoms with Crippen molar-refractivity contribution in [3.8, 4) is 0 Å². The standard InChI is InChI=1S/C17H17N3/c1-13-16(12-14-8-4-2-5-9-14)18-17(20-19-13)15-10-6-3-7-11-15/h2-11,16H,12H2,1H3,(H,18,20). The van der Waals surface area contributed by atoms with Crippen molar-refractivity contribution in [3.05, 3.63) is 71.8 Å². The Balaban J connectivity index is 1.84. The Morgan fingerprint density at radius 1 is 0.950 bits per heavy atom. The molecule has 2 aromatic rings. The van der Waals surface area contributed by atoms with E-state index in [2.05, 4.69) is 34.8 Å². The van der Waals surface area contributed by atoms with Gasteiger partial charge in [-0.2, -0.15) is 5.10 Å². The van der Waals surface area contributed by atoms with E-state index in [4.69, 9.17) is 4.99 Å². The van der Waals surface area contributed by atoms with Crippen LogP contribution in [0.4, 0.5) is 0 Å². The third-order valence-corrected chi connectivity index (χ3v) is 3.42. The maximum Gasteiger partial charge on any atom is 0.149 e. The van der Waals surface area contributed by atoms with E-state index in [0.717, 1.165) is 23.5 Å². The van der Waals surface area contributed by atoms with Gasteiger partial charge >= 0.3 is 0 Å². The number of rotatable bonds is 3. The van der Waals surface area contributed by atoms with Crippen LogP contribution in [0.1, 0.15) is 18.1 Å². The summed E-state index contributed by atoms with van der Waals surface area (Å²) in [7, 11) is 0. The monoisotopic (exact) mass is 263 g/mol. The van der Waals surface area contributed by atoms with Crippen molar-refractivity contribution in [2.24, 2.45) is 10.1 Å². The highest BCUT2D eigenvalue weighted by atomic mass is 15.3. The van der Waals surface area contributed by atoms with Crippen molar-refractivity contribution in [2.75, 3.05) is 0 Å². The number of hydrogen-bond acceptors (Lipinski definition) is 3. The average molecular weight is 263 g/mol. The summed E-state index contributed by atoms with van der Waals surface area (Å²) in [5.41, 5.74) is 6.41. The first kappa shape index (κ1) is 12.6. The number of benzene rings is 2. The largest absolute Gasteiger partial charge is 0.261 e. The molecule has 1 atom stereocenters. The number of nitrogens with one attached hydrogen (secondary N) is 1. The van der Waals surface area contributed by atoms with Crippen molar-refractivity contribution in [1.29, 1.82) is 0 Å². The Morgan fingerprint density at radius 3 is 2.30 bits per heavy atom. The van der Waals surface area contributed by atoms with Crippen LogP contribution in [0.3, 0.4) is 0 Å². The molecule has 1 unspecified atom stereocenters. The van der Waals surface area contributed by atoms with Gasteiger partial charge in [0.2, 0.25) is 0 Å². The normalized spacial score (nSPS) is 17.9. The Kier molecular flexibility index (Phi) is 3.59. The molecular formula is C17H17N3. The molecule has 0 bridgehead atoms. The second-order valence-electron chi connectivity index (χ2n) is 4.91. The molecule has 1 aliphatic rings. The highest BCUT2D eigenvalue weighted by Crippen LogP contribution is 2.12. The minimum absolute atomic E-state index is 0.105. The average Bonchev–Trinajstić information content (AvgIpc) is 2.51. The van der Waals surface area contributed by atoms with E-state index in [0.29, 0.717) is 0 Å². The highest BCUT2D eigenvalue weighted by Gasteiger charge is 2.18. The van der Waals surface area contributed by atoms with Gasteiger partial charge < -0.3 is 0 Å². The van der Waals surface area contributed by atoms with E-state index < -0.39 is 0 Å². The summed E-state index contributed by atoms with van der Waals surface area (Å²) in [5.74, 6) is 0.845. The summed E-state index contributed by atoms with van der Waals surface area (Å²) >= 11 is 0. The van der Waals surface area contributed by atoms with Crippen LogP contribution in [0, 0.1) is 0 Å². The van der Waals surface area contributed by atoms with Crippen LogP contribution in [0.15, 0.2) is 70.8 Å². The third-order valence-electron chi connectivity index (χ3n) is 3.42. The van der Waals surface area contributed by atoms with Crippen molar-refractivity contribution < 1.29 is 0 Å². The molecular weight excluding hydrogens is 246 g/mol. The molecule has 0 spiro atoms. The molecule has 1 N–H and O–H groups in total.